The van der Waals surface area contributed by atoms with Crippen molar-refractivity contribution >= 4 is 75.0 Å². The maximum atomic E-state index is 6.87. The molecule has 5 heteroatoms. The van der Waals surface area contributed by atoms with E-state index in [9.17, 15) is 0 Å². The zero-order valence-corrected chi connectivity index (χ0v) is 31.9. The molecular weight excluding hydrogens is 727 g/mol. The Morgan fingerprint density at radius 3 is 1.81 bits per heavy atom. The SMILES string of the molecule is c1ccc(-c2nc(-c3ccc4c(c3)sc3ccccc34)nc(-c3cc(-c4ccc(-c5cccc6ccccc56)cc4)cc4oc5c6ccccc6ccc5c34)n2)cc1. The van der Waals surface area contributed by atoms with Crippen molar-refractivity contribution in [3.05, 3.63) is 188 Å². The molecule has 0 amide bonds. The Hall–Kier alpha value is -7.47. The second kappa shape index (κ2) is 13.1. The molecule has 9 aromatic carbocycles. The lowest BCUT2D eigenvalue weighted by atomic mass is 9.94. The Morgan fingerprint density at radius 1 is 0.345 bits per heavy atom. The summed E-state index contributed by atoms with van der Waals surface area (Å²) in [7, 11) is 0. The average Bonchev–Trinajstić information content (AvgIpc) is 3.87. The van der Waals surface area contributed by atoms with Crippen molar-refractivity contribution in [2.75, 3.05) is 0 Å². The van der Waals surface area contributed by atoms with Gasteiger partial charge < -0.3 is 4.42 Å². The molecule has 0 saturated carbocycles. The summed E-state index contributed by atoms with van der Waals surface area (Å²) in [4.78, 5) is 15.7. The number of benzene rings is 9. The lowest BCUT2D eigenvalue weighted by molar-refractivity contribution is 0.673. The average molecular weight is 758 g/mol. The van der Waals surface area contributed by atoms with Gasteiger partial charge in [-0.25, -0.2) is 15.0 Å². The molecule has 12 aromatic rings. The number of nitrogens with zero attached hydrogens (tertiary/aromatic N) is 3. The topological polar surface area (TPSA) is 51.8 Å². The maximum absolute atomic E-state index is 6.87. The third kappa shape index (κ3) is 5.32. The quantitative estimate of drug-likeness (QED) is 0.175. The monoisotopic (exact) mass is 757 g/mol. The summed E-state index contributed by atoms with van der Waals surface area (Å²) in [5, 5.41) is 9.17. The van der Waals surface area contributed by atoms with Crippen molar-refractivity contribution in [3.8, 4) is 56.4 Å². The van der Waals surface area contributed by atoms with Gasteiger partial charge in [-0.05, 0) is 68.7 Å². The van der Waals surface area contributed by atoms with Crippen molar-refractivity contribution in [3.63, 3.8) is 0 Å². The van der Waals surface area contributed by atoms with E-state index in [0.717, 1.165) is 60.5 Å². The highest BCUT2D eigenvalue weighted by Crippen LogP contribution is 2.43. The minimum absolute atomic E-state index is 0.593. The molecule has 0 saturated heterocycles. The van der Waals surface area contributed by atoms with E-state index in [1.807, 2.05) is 18.2 Å². The van der Waals surface area contributed by atoms with E-state index in [-0.39, 0.29) is 0 Å². The first-order chi connectivity index (χ1) is 28.7. The van der Waals surface area contributed by atoms with Crippen molar-refractivity contribution in [2.24, 2.45) is 0 Å². The molecule has 0 unspecified atom stereocenters. The molecule has 0 bridgehead atoms. The van der Waals surface area contributed by atoms with Crippen LogP contribution >= 0.6 is 11.3 Å². The zero-order valence-electron chi connectivity index (χ0n) is 31.1. The highest BCUT2D eigenvalue weighted by atomic mass is 32.1. The second-order valence-electron chi connectivity index (χ2n) is 14.7. The van der Waals surface area contributed by atoms with Gasteiger partial charge in [0.05, 0.1) is 0 Å². The van der Waals surface area contributed by atoms with Crippen LogP contribution in [0.5, 0.6) is 0 Å². The molecule has 270 valence electrons. The predicted octanol–water partition coefficient (Wildman–Crippen LogP) is 14.8. The third-order valence-electron chi connectivity index (χ3n) is 11.3. The Morgan fingerprint density at radius 2 is 0.966 bits per heavy atom. The van der Waals surface area contributed by atoms with Crippen molar-refractivity contribution in [1.29, 1.82) is 0 Å². The van der Waals surface area contributed by atoms with Gasteiger partial charge in [-0.15, -0.1) is 11.3 Å². The largest absolute Gasteiger partial charge is 0.455 e. The van der Waals surface area contributed by atoms with Gasteiger partial charge in [0, 0.05) is 53.0 Å². The van der Waals surface area contributed by atoms with Gasteiger partial charge in [0.25, 0.3) is 0 Å². The molecule has 0 spiro atoms. The number of aromatic nitrogens is 3. The first-order valence-electron chi connectivity index (χ1n) is 19.4. The number of furan rings is 1. The summed E-state index contributed by atoms with van der Waals surface area (Å²) in [6.07, 6.45) is 0. The van der Waals surface area contributed by atoms with Crippen LogP contribution in [0.4, 0.5) is 0 Å². The summed E-state index contributed by atoms with van der Waals surface area (Å²) in [5.74, 6) is 1.84. The van der Waals surface area contributed by atoms with E-state index in [0.29, 0.717) is 17.5 Å². The lowest BCUT2D eigenvalue weighted by Gasteiger charge is -2.12. The van der Waals surface area contributed by atoms with E-state index in [1.54, 1.807) is 11.3 Å². The first kappa shape index (κ1) is 32.7. The molecule has 0 atom stereocenters. The highest BCUT2D eigenvalue weighted by molar-refractivity contribution is 7.25. The van der Waals surface area contributed by atoms with Crippen LogP contribution in [-0.2, 0) is 0 Å². The van der Waals surface area contributed by atoms with Crippen LogP contribution in [0.1, 0.15) is 0 Å². The molecule has 0 aliphatic rings. The Balaban J connectivity index is 1.09. The minimum atomic E-state index is 0.593. The standard InChI is InChI=1S/C53H31N3OS/c1-2-13-36(14-3-1)51-54-52(37-26-27-43-42-18-8-9-20-47(42)58-48(43)31-37)56-53(55-51)45-29-38(30-46-49(45)44-28-25-34-12-5-7-17-41(34)50(44)57-46)32-21-23-35(24-22-32)40-19-10-15-33-11-4-6-16-39(33)40/h1-31H. The van der Waals surface area contributed by atoms with Gasteiger partial charge in [-0.3, -0.25) is 0 Å². The molecule has 0 aliphatic heterocycles. The molecule has 0 aliphatic carbocycles. The van der Waals surface area contributed by atoms with Crippen molar-refractivity contribution < 1.29 is 4.42 Å². The van der Waals surface area contributed by atoms with Crippen LogP contribution in [0, 0.1) is 0 Å². The van der Waals surface area contributed by atoms with Crippen molar-refractivity contribution in [1.82, 2.24) is 15.0 Å². The van der Waals surface area contributed by atoms with Crippen LogP contribution in [0.2, 0.25) is 0 Å². The second-order valence-corrected chi connectivity index (χ2v) is 15.8. The fourth-order valence-corrected chi connectivity index (χ4v) is 9.65. The fraction of sp³-hybridized carbons (Fsp3) is 0. The molecule has 58 heavy (non-hydrogen) atoms. The fourth-order valence-electron chi connectivity index (χ4n) is 8.50. The number of thiophene rings is 1. The van der Waals surface area contributed by atoms with Gasteiger partial charge >= 0.3 is 0 Å². The molecule has 12 rings (SSSR count). The lowest BCUT2D eigenvalue weighted by Crippen LogP contribution is -2.00. The van der Waals surface area contributed by atoms with Crippen molar-refractivity contribution in [2.45, 2.75) is 0 Å². The highest BCUT2D eigenvalue weighted by Gasteiger charge is 2.21. The molecule has 0 N–H and O–H groups in total. The molecule has 3 aromatic heterocycles. The van der Waals surface area contributed by atoms with Gasteiger partial charge in [-0.2, -0.15) is 0 Å². The predicted molar refractivity (Wildman–Crippen MR) is 242 cm³/mol. The Bertz CT molecular complexity index is 3560. The van der Waals surface area contributed by atoms with Crippen LogP contribution in [0.25, 0.3) is 120 Å². The van der Waals surface area contributed by atoms with E-state index in [1.165, 1.54) is 42.1 Å². The summed E-state index contributed by atoms with van der Waals surface area (Å²) in [6.45, 7) is 0. The number of rotatable bonds is 5. The number of hydrogen-bond acceptors (Lipinski definition) is 5. The summed E-state index contributed by atoms with van der Waals surface area (Å²) < 4.78 is 9.33. The van der Waals surface area contributed by atoms with Gasteiger partial charge in [0.1, 0.15) is 11.2 Å². The van der Waals surface area contributed by atoms with Crippen LogP contribution < -0.4 is 0 Å². The number of hydrogen-bond donors (Lipinski definition) is 0. The van der Waals surface area contributed by atoms with Gasteiger partial charge in [-0.1, -0.05) is 158 Å². The summed E-state index contributed by atoms with van der Waals surface area (Å²) in [5.41, 5.74) is 8.87. The zero-order chi connectivity index (χ0) is 38.2. The van der Waals surface area contributed by atoms with Crippen LogP contribution in [-0.4, -0.2) is 15.0 Å². The molecule has 0 fully saturated rings. The molecule has 3 heterocycles. The Labute approximate surface area is 337 Å². The molecular formula is C53H31N3OS. The van der Waals surface area contributed by atoms with E-state index < -0.39 is 0 Å². The Kier molecular flexibility index (Phi) is 7.37. The van der Waals surface area contributed by atoms with Crippen LogP contribution in [0.15, 0.2) is 192 Å². The van der Waals surface area contributed by atoms with E-state index in [2.05, 4.69) is 170 Å². The van der Waals surface area contributed by atoms with E-state index in [4.69, 9.17) is 19.4 Å². The smallest absolute Gasteiger partial charge is 0.164 e. The minimum Gasteiger partial charge on any atom is -0.455 e. The maximum Gasteiger partial charge on any atom is 0.164 e. The third-order valence-corrected chi connectivity index (χ3v) is 12.5. The number of fused-ring (bicyclic) bond motifs is 9. The van der Waals surface area contributed by atoms with Gasteiger partial charge in [0.2, 0.25) is 0 Å². The normalized spacial score (nSPS) is 11.8. The summed E-state index contributed by atoms with van der Waals surface area (Å²) in [6, 6.07) is 66.3. The van der Waals surface area contributed by atoms with Gasteiger partial charge in [0.15, 0.2) is 17.5 Å². The van der Waals surface area contributed by atoms with E-state index >= 15 is 0 Å². The van der Waals surface area contributed by atoms with Crippen LogP contribution in [0.3, 0.4) is 0 Å². The first-order valence-corrected chi connectivity index (χ1v) is 20.2. The molecule has 0 radical (unpaired) electrons. The molecule has 4 nitrogen and oxygen atoms in total. The summed E-state index contributed by atoms with van der Waals surface area (Å²) >= 11 is 1.79.